The molecule has 0 bridgehead atoms. The van der Waals surface area contributed by atoms with Gasteiger partial charge in [-0.05, 0) is 30.3 Å². The quantitative estimate of drug-likeness (QED) is 0.806. The highest BCUT2D eigenvalue weighted by molar-refractivity contribution is 5.85. The fourth-order valence-electron chi connectivity index (χ4n) is 1.36. The minimum atomic E-state index is 0. The second-order valence-electron chi connectivity index (χ2n) is 3.48. The van der Waals surface area contributed by atoms with E-state index in [9.17, 15) is 0 Å². The monoisotopic (exact) mass is 258 g/mol. The van der Waals surface area contributed by atoms with E-state index < -0.39 is 0 Å². The van der Waals surface area contributed by atoms with E-state index in [-0.39, 0.29) is 12.4 Å². The second-order valence-corrected chi connectivity index (χ2v) is 3.48. The minimum Gasteiger partial charge on any atom is -0.362 e. The molecule has 0 spiro atoms. The molecule has 0 radical (unpaired) electrons. The second kappa shape index (κ2) is 8.09. The number of aliphatic imine (C=N–C) groups is 1. The maximum atomic E-state index is 4.29. The number of nitrogens with zero attached hydrogens (tertiary/aromatic N) is 1. The Balaban J connectivity index is 0.00000162. The van der Waals surface area contributed by atoms with E-state index in [0.717, 1.165) is 11.4 Å². The van der Waals surface area contributed by atoms with Crippen LogP contribution >= 0.6 is 12.4 Å². The van der Waals surface area contributed by atoms with Crippen molar-refractivity contribution in [1.29, 1.82) is 0 Å². The highest BCUT2D eigenvalue weighted by Crippen LogP contribution is 2.08. The van der Waals surface area contributed by atoms with E-state index in [1.54, 1.807) is 6.21 Å². The summed E-state index contributed by atoms with van der Waals surface area (Å²) in [5.74, 6) is 0. The Morgan fingerprint density at radius 2 is 1.44 bits per heavy atom. The van der Waals surface area contributed by atoms with Gasteiger partial charge >= 0.3 is 0 Å². The van der Waals surface area contributed by atoms with Crippen molar-refractivity contribution in [1.82, 2.24) is 0 Å². The Kier molecular flexibility index (Phi) is 6.30. The Labute approximate surface area is 113 Å². The number of rotatable bonds is 4. The van der Waals surface area contributed by atoms with Crippen LogP contribution in [0.5, 0.6) is 0 Å². The zero-order chi connectivity index (χ0) is 11.8. The molecule has 2 rings (SSSR count). The van der Waals surface area contributed by atoms with Crippen LogP contribution in [0.3, 0.4) is 0 Å². The van der Waals surface area contributed by atoms with Crippen molar-refractivity contribution in [3.63, 3.8) is 0 Å². The maximum Gasteiger partial charge on any atom is 0.0629 e. The van der Waals surface area contributed by atoms with Crippen LogP contribution in [0.4, 0.5) is 11.4 Å². The molecule has 0 aliphatic carbocycles. The van der Waals surface area contributed by atoms with Crippen LogP contribution in [0.15, 0.2) is 77.9 Å². The van der Waals surface area contributed by atoms with Gasteiger partial charge in [0.25, 0.3) is 0 Å². The molecule has 2 nitrogen and oxygen atoms in total. The zero-order valence-electron chi connectivity index (χ0n) is 9.86. The molecule has 0 atom stereocenters. The van der Waals surface area contributed by atoms with Gasteiger partial charge in [-0.1, -0.05) is 36.4 Å². The number of hydrogen-bond acceptors (Lipinski definition) is 2. The van der Waals surface area contributed by atoms with Crippen molar-refractivity contribution in [2.24, 2.45) is 4.99 Å². The van der Waals surface area contributed by atoms with Crippen LogP contribution in [-0.4, -0.2) is 6.21 Å². The number of nitrogens with one attached hydrogen (secondary N) is 1. The molecular formula is C15H15ClN2. The predicted octanol–water partition coefficient (Wildman–Crippen LogP) is 4.44. The lowest BCUT2D eigenvalue weighted by atomic mass is 10.3. The first-order valence-corrected chi connectivity index (χ1v) is 5.51. The van der Waals surface area contributed by atoms with Crippen molar-refractivity contribution in [2.45, 2.75) is 0 Å². The van der Waals surface area contributed by atoms with E-state index in [1.807, 2.05) is 72.9 Å². The third kappa shape index (κ3) is 4.85. The van der Waals surface area contributed by atoms with Crippen LogP contribution < -0.4 is 5.32 Å². The van der Waals surface area contributed by atoms with Gasteiger partial charge in [-0.15, -0.1) is 12.4 Å². The van der Waals surface area contributed by atoms with Gasteiger partial charge in [-0.2, -0.15) is 0 Å². The fourth-order valence-corrected chi connectivity index (χ4v) is 1.36. The van der Waals surface area contributed by atoms with Crippen LogP contribution in [0, 0.1) is 0 Å². The van der Waals surface area contributed by atoms with Gasteiger partial charge in [0.2, 0.25) is 0 Å². The van der Waals surface area contributed by atoms with Crippen molar-refractivity contribution in [3.8, 4) is 0 Å². The van der Waals surface area contributed by atoms with Crippen molar-refractivity contribution >= 4 is 30.0 Å². The summed E-state index contributed by atoms with van der Waals surface area (Å²) in [6, 6.07) is 19.9. The number of benzene rings is 2. The van der Waals surface area contributed by atoms with Crippen LogP contribution in [0.25, 0.3) is 0 Å². The lowest BCUT2D eigenvalue weighted by Crippen LogP contribution is -1.85. The number of anilines is 1. The zero-order valence-corrected chi connectivity index (χ0v) is 10.7. The smallest absolute Gasteiger partial charge is 0.0629 e. The first kappa shape index (κ1) is 14.0. The van der Waals surface area contributed by atoms with Crippen molar-refractivity contribution < 1.29 is 0 Å². The summed E-state index contributed by atoms with van der Waals surface area (Å²) in [6.45, 7) is 0. The van der Waals surface area contributed by atoms with Crippen LogP contribution in [0.2, 0.25) is 0 Å². The molecule has 0 aliphatic heterocycles. The molecule has 2 aromatic carbocycles. The van der Waals surface area contributed by atoms with Gasteiger partial charge in [0.15, 0.2) is 0 Å². The van der Waals surface area contributed by atoms with E-state index in [4.69, 9.17) is 0 Å². The van der Waals surface area contributed by atoms with E-state index in [2.05, 4.69) is 10.3 Å². The lowest BCUT2D eigenvalue weighted by molar-refractivity contribution is 1.54. The number of para-hydroxylation sites is 2. The average Bonchev–Trinajstić information content (AvgIpc) is 2.41. The van der Waals surface area contributed by atoms with Gasteiger partial charge in [0.1, 0.15) is 0 Å². The maximum absolute atomic E-state index is 4.29. The third-order valence-corrected chi connectivity index (χ3v) is 2.19. The minimum absolute atomic E-state index is 0. The predicted molar refractivity (Wildman–Crippen MR) is 81.0 cm³/mol. The van der Waals surface area contributed by atoms with Gasteiger partial charge in [0.05, 0.1) is 5.69 Å². The first-order valence-electron chi connectivity index (χ1n) is 5.51. The molecule has 0 aromatic heterocycles. The highest BCUT2D eigenvalue weighted by Gasteiger charge is 1.83. The number of halogens is 1. The lowest BCUT2D eigenvalue weighted by Gasteiger charge is -1.97. The number of allylic oxidation sites excluding steroid dienone is 1. The van der Waals surface area contributed by atoms with Gasteiger partial charge in [-0.3, -0.25) is 4.99 Å². The molecule has 3 heteroatoms. The van der Waals surface area contributed by atoms with Crippen molar-refractivity contribution in [2.75, 3.05) is 5.32 Å². The molecule has 0 fully saturated rings. The molecule has 0 saturated heterocycles. The van der Waals surface area contributed by atoms with Crippen molar-refractivity contribution in [3.05, 3.63) is 72.9 Å². The van der Waals surface area contributed by atoms with Gasteiger partial charge in [-0.25, -0.2) is 0 Å². The Morgan fingerprint density at radius 1 is 0.833 bits per heavy atom. The molecule has 2 aromatic rings. The van der Waals surface area contributed by atoms with Crippen LogP contribution in [-0.2, 0) is 0 Å². The molecule has 18 heavy (non-hydrogen) atoms. The first-order chi connectivity index (χ1) is 8.45. The SMILES string of the molecule is C(/C=C/Nc1ccccc1)=Nc1ccccc1.Cl. The van der Waals surface area contributed by atoms with E-state index in [0.29, 0.717) is 0 Å². The Bertz CT molecular complexity index is 492. The standard InChI is InChI=1S/C15H14N2.ClH/c1-3-8-14(9-4-1)16-12-7-13-17-15-10-5-2-6-11-15;/h1-13,16H;1H/b12-7+,17-13?;. The normalized spacial score (nSPS) is 10.4. The molecule has 0 aliphatic rings. The summed E-state index contributed by atoms with van der Waals surface area (Å²) < 4.78 is 0. The summed E-state index contributed by atoms with van der Waals surface area (Å²) >= 11 is 0. The summed E-state index contributed by atoms with van der Waals surface area (Å²) in [4.78, 5) is 4.29. The Hall–Kier alpha value is -2.06. The molecule has 92 valence electrons. The third-order valence-electron chi connectivity index (χ3n) is 2.19. The number of hydrogen-bond donors (Lipinski definition) is 1. The largest absolute Gasteiger partial charge is 0.362 e. The van der Waals surface area contributed by atoms with Gasteiger partial charge < -0.3 is 5.32 Å². The summed E-state index contributed by atoms with van der Waals surface area (Å²) in [5, 5.41) is 3.16. The molecule has 0 heterocycles. The van der Waals surface area contributed by atoms with E-state index in [1.165, 1.54) is 0 Å². The molecular weight excluding hydrogens is 244 g/mol. The highest BCUT2D eigenvalue weighted by atomic mass is 35.5. The molecule has 0 amide bonds. The average molecular weight is 259 g/mol. The summed E-state index contributed by atoms with van der Waals surface area (Å²) in [5.41, 5.74) is 2.02. The fraction of sp³-hybridized carbons (Fsp3) is 0. The van der Waals surface area contributed by atoms with Crippen LogP contribution in [0.1, 0.15) is 0 Å². The summed E-state index contributed by atoms with van der Waals surface area (Å²) in [6.07, 6.45) is 5.51. The summed E-state index contributed by atoms with van der Waals surface area (Å²) in [7, 11) is 0. The topological polar surface area (TPSA) is 24.4 Å². The molecule has 1 N–H and O–H groups in total. The molecule has 0 saturated carbocycles. The van der Waals surface area contributed by atoms with E-state index >= 15 is 0 Å². The molecule has 0 unspecified atom stereocenters. The van der Waals surface area contributed by atoms with Gasteiger partial charge in [0, 0.05) is 18.1 Å². The Morgan fingerprint density at radius 3 is 2.11 bits per heavy atom.